The largest absolute Gasteiger partial charge is 1.00 e. The zero-order valence-electron chi connectivity index (χ0n) is 65.4. The van der Waals surface area contributed by atoms with Crippen LogP contribution in [0.1, 0.15) is 118 Å². The number of nitriles is 3. The van der Waals surface area contributed by atoms with Crippen LogP contribution < -0.4 is 86.3 Å². The van der Waals surface area contributed by atoms with E-state index in [1.807, 2.05) is 48.8 Å². The molecule has 3 saturated carbocycles. The molecule has 11 N–H and O–H groups in total. The van der Waals surface area contributed by atoms with Gasteiger partial charge in [-0.1, -0.05) is 0 Å². The van der Waals surface area contributed by atoms with Crippen LogP contribution in [0.5, 0.6) is 17.2 Å². The van der Waals surface area contributed by atoms with E-state index in [0.29, 0.717) is 85.3 Å². The number of nitrogens with zero attached hydrogens (tertiary/aromatic N) is 17. The molecule has 2 amide bonds. The van der Waals surface area contributed by atoms with Crippen molar-refractivity contribution in [1.82, 2.24) is 70.8 Å². The number of pyridine rings is 6. The Morgan fingerprint density at radius 3 is 1.19 bits per heavy atom. The number of nitrogens with two attached hydrogens (primary N) is 1. The fraction of sp³-hybridized carbons (Fsp3) is 0.474. The van der Waals surface area contributed by atoms with Gasteiger partial charge in [-0.15, -0.1) is 4.91 Å². The number of hydrazine groups is 1. The molecule has 15 rings (SSSR count). The van der Waals surface area contributed by atoms with Crippen LogP contribution in [0.2, 0.25) is 0 Å². The molecule has 9 aromatic heterocycles. The molecule has 592 valence electrons. The number of rotatable bonds is 21. The molecule has 6 fully saturated rings. The molecule has 0 aromatic carbocycles. The van der Waals surface area contributed by atoms with Gasteiger partial charge in [-0.05, 0) is 204 Å². The van der Waals surface area contributed by atoms with Gasteiger partial charge in [0.15, 0.2) is 0 Å². The summed E-state index contributed by atoms with van der Waals surface area (Å²) >= 11 is 0. The molecule has 6 aliphatic rings. The van der Waals surface area contributed by atoms with Gasteiger partial charge in [-0.3, -0.25) is 14.8 Å². The van der Waals surface area contributed by atoms with Gasteiger partial charge in [-0.2, -0.15) is 35.5 Å². The fourth-order valence-electron chi connectivity index (χ4n) is 16.0. The molecule has 35 heteroatoms. The number of carbonyl (C=O) groups is 2. The van der Waals surface area contributed by atoms with Crippen molar-refractivity contribution >= 4 is 41.0 Å². The molecule has 9 aromatic rings. The molecule has 113 heavy (non-hydrogen) atoms. The number of hydrogen-bond donors (Lipinski definition) is 10. The number of amides is 2. The van der Waals surface area contributed by atoms with E-state index in [2.05, 4.69) is 95.5 Å². The third-order valence-electron chi connectivity index (χ3n) is 20.6. The number of carbonyl (C=O) groups excluding carboxylic acids is 2. The van der Waals surface area contributed by atoms with Crippen molar-refractivity contribution in [3.63, 3.8) is 0 Å². The van der Waals surface area contributed by atoms with Gasteiger partial charge < -0.3 is 77.2 Å². The van der Waals surface area contributed by atoms with Gasteiger partial charge in [0.05, 0.1) is 92.5 Å². The minimum Gasteiger partial charge on any atom is -0.489 e. The summed E-state index contributed by atoms with van der Waals surface area (Å²) in [5.74, 6) is 6.83. The van der Waals surface area contributed by atoms with Crippen LogP contribution in [-0.2, 0) is 9.59 Å². The normalized spacial score (nSPS) is 22.3. The van der Waals surface area contributed by atoms with E-state index < -0.39 is 22.8 Å². The van der Waals surface area contributed by atoms with Crippen LogP contribution in [0, 0.1) is 80.4 Å². The third-order valence-corrected chi connectivity index (χ3v) is 20.6. The van der Waals surface area contributed by atoms with Crippen molar-refractivity contribution in [2.24, 2.45) is 51.8 Å². The van der Waals surface area contributed by atoms with E-state index in [4.69, 9.17) is 45.5 Å². The Balaban J connectivity index is 0.000000174. The summed E-state index contributed by atoms with van der Waals surface area (Å²) in [5.41, 5.74) is 22.0. The van der Waals surface area contributed by atoms with E-state index in [0.717, 1.165) is 143 Å². The number of anilines is 2. The average Bonchev–Trinajstić information content (AvgIpc) is 1.71. The quantitative estimate of drug-likeness (QED) is 0.00883. The molecule has 12 heterocycles. The number of halogens is 1. The SMILES string of the molecule is CC(C)(O)COc1cc(-c2ccc(F)nc2)c2c(C#N)cnn2c1.CC(C)(O)COc1cc(-c2ccc(N3C[C@@H]4CC(C)(N)C[C@@H]4C3)nc2)c2c(C#N)cnn2c1.CC(C)(O)COc1cc(-c2ccc(N3C[C@@H]4CC(C)(NC=O)C[C@@H]4C3)nc2)c2c(C#N)cnn2c1.CC1(NC=O)C[C@H]2CNC[C@H]2C1.CO.[N-]=NNNN=O.[Na+]. The Morgan fingerprint density at radius 2 is 0.903 bits per heavy atom. The predicted octanol–water partition coefficient (Wildman–Crippen LogP) is 4.74. The smallest absolute Gasteiger partial charge is 0.489 e. The van der Waals surface area contributed by atoms with Crippen LogP contribution in [0.4, 0.5) is 16.0 Å². The first kappa shape index (κ1) is 86.4. The first-order valence-corrected chi connectivity index (χ1v) is 36.7. The summed E-state index contributed by atoms with van der Waals surface area (Å²) in [7, 11) is 1.00. The van der Waals surface area contributed by atoms with Gasteiger partial charge in [0.1, 0.15) is 66.9 Å². The fourth-order valence-corrected chi connectivity index (χ4v) is 16.0. The molecule has 3 unspecified atom stereocenters. The molecule has 3 saturated heterocycles. The van der Waals surface area contributed by atoms with E-state index in [9.17, 15) is 45.1 Å². The Labute approximate surface area is 676 Å². The van der Waals surface area contributed by atoms with Gasteiger partial charge in [0.25, 0.3) is 0 Å². The molecule has 33 nitrogen and oxygen atoms in total. The minimum absolute atomic E-state index is 0. The van der Waals surface area contributed by atoms with Gasteiger partial charge in [0.2, 0.25) is 18.8 Å². The Bertz CT molecular complexity index is 4840. The second-order valence-corrected chi connectivity index (χ2v) is 32.1. The number of fused-ring (bicyclic) bond motifs is 6. The van der Waals surface area contributed by atoms with E-state index in [1.165, 1.54) is 29.2 Å². The van der Waals surface area contributed by atoms with Gasteiger partial charge >= 0.3 is 29.6 Å². The van der Waals surface area contributed by atoms with Crippen molar-refractivity contribution < 1.29 is 78.2 Å². The Hall–Kier alpha value is -10.6. The monoisotopic (exact) mass is 1560 g/mol. The molecule has 9 atom stereocenters. The molecule has 3 aliphatic heterocycles. The standard InChI is InChI=1S/C26H30N6O3.C25H30N6O2.C17H15FN4O2.C9H16N2O.CH4O.H2N5O.Na/c1-25(2,34)15-35-21-6-22(24-20(9-27)11-30-32(24)14-21)17-4-5-23(28-10-17)31-12-18-7-26(3,29-16-33)8-19(18)13-31;1-24(2,32)15-33-20-6-21(23-19(9-26)11-29-31(23)14-20)16-4-5-22(28-10-16)30-12-17-7-25(3,27)8-18(17)13-30;1-17(2,23)10-24-13-5-14(11-3-4-15(18)20-7-11)16-12(6-19)8-21-22(16)9-13;1-9(11-6-12)2-7-4-10-5-8(7)3-9;1-2;1-2-3-4-5-6;/h4-6,10-11,14,16,18-19,34H,7-8,12-13,15H2,1-3H3,(H,29,33);4-6,10-11,14,17-18,32H,7-8,12-13,15,27H2,1-3H3;3-5,7-9,23H,10H2,1-2H3;6-8,10H,2-5H2,1H3,(H,11,12);2H,1H3;(H2-,1,2,3,4,5,6);/q;;;;;-1;+1/t18-,19+,26?;17-,18+,25?;;7-,8+,9?;;;. The minimum atomic E-state index is -0.992. The number of nitrogens with one attached hydrogen (secondary N) is 5. The summed E-state index contributed by atoms with van der Waals surface area (Å²) < 4.78 is 35.2. The average molecular weight is 1560 g/mol. The van der Waals surface area contributed by atoms with Gasteiger partial charge in [0, 0.05) is 102 Å². The summed E-state index contributed by atoms with van der Waals surface area (Å²) in [6, 6.07) is 22.9. The van der Waals surface area contributed by atoms with Crippen LogP contribution >= 0.6 is 0 Å². The maximum absolute atomic E-state index is 13.1. The molecular formula is C78H97FN23NaO10. The zero-order chi connectivity index (χ0) is 80.9. The number of nitroso groups, excluding NO2 is 1. The molecule has 3 aliphatic carbocycles. The van der Waals surface area contributed by atoms with Gasteiger partial charge in [-0.25, -0.2) is 34.0 Å². The summed E-state index contributed by atoms with van der Waals surface area (Å²) in [4.78, 5) is 48.1. The maximum Gasteiger partial charge on any atom is 1.00 e. The van der Waals surface area contributed by atoms with Crippen molar-refractivity contribution in [2.45, 2.75) is 134 Å². The third kappa shape index (κ3) is 22.0. The van der Waals surface area contributed by atoms with E-state index in [1.54, 1.807) is 98.6 Å². The second kappa shape index (κ2) is 36.9. The second-order valence-electron chi connectivity index (χ2n) is 32.1. The topological polar surface area (TPSA) is 461 Å². The number of hydrogen-bond acceptors (Lipinski definition) is 25. The van der Waals surface area contributed by atoms with Crippen molar-refractivity contribution in [3.8, 4) is 68.8 Å². The first-order valence-electron chi connectivity index (χ1n) is 36.7. The number of aromatic nitrogens is 9. The van der Waals surface area contributed by atoms with Crippen molar-refractivity contribution in [1.29, 1.82) is 15.8 Å². The molecule has 0 bridgehead atoms. The van der Waals surface area contributed by atoms with Crippen LogP contribution in [-0.4, -0.2) is 177 Å². The van der Waals surface area contributed by atoms with Crippen molar-refractivity contribution in [3.05, 3.63) is 143 Å². The Kier molecular flexibility index (Phi) is 28.2. The summed E-state index contributed by atoms with van der Waals surface area (Å²) in [6.45, 7) is 22.9. The van der Waals surface area contributed by atoms with Crippen molar-refractivity contribution in [2.75, 3.05) is 76.0 Å². The molecular weight excluding hydrogens is 1460 g/mol. The molecule has 0 radical (unpaired) electrons. The first-order chi connectivity index (χ1) is 53.3. The molecule has 0 spiro atoms. The zero-order valence-corrected chi connectivity index (χ0v) is 67.4. The van der Waals surface area contributed by atoms with Crippen LogP contribution in [0.25, 0.3) is 55.5 Å². The van der Waals surface area contributed by atoms with E-state index >= 15 is 0 Å². The number of ether oxygens (including phenoxy) is 3. The predicted molar refractivity (Wildman–Crippen MR) is 414 cm³/mol. The van der Waals surface area contributed by atoms with Crippen LogP contribution in [0.15, 0.2) is 121 Å². The number of aliphatic hydroxyl groups excluding tert-OH is 1. The Morgan fingerprint density at radius 1 is 0.566 bits per heavy atom. The number of aliphatic hydroxyl groups is 4. The summed E-state index contributed by atoms with van der Waals surface area (Å²) in [6.07, 6.45) is 22.7. The summed E-state index contributed by atoms with van der Waals surface area (Å²) in [5, 5.41) is 91.8. The maximum atomic E-state index is 13.1. The van der Waals surface area contributed by atoms with E-state index in [-0.39, 0.29) is 66.0 Å². The van der Waals surface area contributed by atoms with Crippen LogP contribution in [0.3, 0.4) is 0 Å².